The third-order valence-corrected chi connectivity index (χ3v) is 2.61. The molecule has 0 saturated carbocycles. The molecule has 6 nitrogen and oxygen atoms in total. The van der Waals surface area contributed by atoms with Crippen molar-refractivity contribution in [3.8, 4) is 0 Å². The number of rotatable bonds is 5. The average molecular weight is 245 g/mol. The van der Waals surface area contributed by atoms with E-state index in [0.29, 0.717) is 17.5 Å². The maximum absolute atomic E-state index is 10.8. The third kappa shape index (κ3) is 3.82. The Bertz CT molecular complexity index is 359. The predicted octanol–water partition coefficient (Wildman–Crippen LogP) is 0.670. The molecule has 7 heteroatoms. The largest absolute Gasteiger partial charge is 0.468 e. The number of aromatic nitrogens is 2. The topological polar surface area (TPSA) is 91.2 Å². The van der Waals surface area contributed by atoms with Gasteiger partial charge in [0.2, 0.25) is 5.89 Å². The van der Waals surface area contributed by atoms with Gasteiger partial charge in [-0.3, -0.25) is 4.79 Å². The van der Waals surface area contributed by atoms with Gasteiger partial charge in [-0.05, 0) is 13.8 Å². The van der Waals surface area contributed by atoms with E-state index in [-0.39, 0.29) is 11.7 Å². The number of carbonyl (C=O) groups excluding carboxylic acids is 1. The number of esters is 1. The van der Waals surface area contributed by atoms with Crippen LogP contribution < -0.4 is 5.73 Å². The third-order valence-electron chi connectivity index (χ3n) is 1.72. The maximum Gasteiger partial charge on any atom is 0.315 e. The zero-order valence-corrected chi connectivity index (χ0v) is 10.3. The van der Waals surface area contributed by atoms with Crippen molar-refractivity contribution in [2.75, 3.05) is 12.9 Å². The number of hydrogen-bond acceptors (Lipinski definition) is 7. The lowest BCUT2D eigenvalue weighted by atomic mass is 10.1. The minimum absolute atomic E-state index is 0.264. The quantitative estimate of drug-likeness (QED) is 0.762. The summed E-state index contributed by atoms with van der Waals surface area (Å²) in [7, 11) is 1.35. The van der Waals surface area contributed by atoms with Crippen molar-refractivity contribution in [2.45, 2.75) is 25.1 Å². The Labute approximate surface area is 97.9 Å². The van der Waals surface area contributed by atoms with E-state index in [1.54, 1.807) is 13.8 Å². The molecule has 1 aromatic heterocycles. The van der Waals surface area contributed by atoms with E-state index in [2.05, 4.69) is 14.9 Å². The van der Waals surface area contributed by atoms with E-state index in [4.69, 9.17) is 10.3 Å². The SMILES string of the molecule is COC(=O)CSCc1nc(C(C)(C)N)no1. The zero-order valence-electron chi connectivity index (χ0n) is 9.52. The van der Waals surface area contributed by atoms with Crippen LogP contribution in [0.3, 0.4) is 0 Å². The summed E-state index contributed by atoms with van der Waals surface area (Å²) in [6, 6.07) is 0. The Morgan fingerprint density at radius 2 is 2.31 bits per heavy atom. The van der Waals surface area contributed by atoms with Crippen LogP contribution in [0.25, 0.3) is 0 Å². The molecule has 0 atom stereocenters. The van der Waals surface area contributed by atoms with Crippen LogP contribution in [0.5, 0.6) is 0 Å². The summed E-state index contributed by atoms with van der Waals surface area (Å²) in [5, 5.41) is 3.76. The highest BCUT2D eigenvalue weighted by Crippen LogP contribution is 2.15. The number of nitrogens with two attached hydrogens (primary N) is 1. The molecular weight excluding hydrogens is 230 g/mol. The fourth-order valence-corrected chi connectivity index (χ4v) is 1.53. The van der Waals surface area contributed by atoms with Crippen LogP contribution >= 0.6 is 11.8 Å². The zero-order chi connectivity index (χ0) is 12.2. The lowest BCUT2D eigenvalue weighted by Gasteiger charge is -2.11. The molecule has 1 rings (SSSR count). The first-order valence-electron chi connectivity index (χ1n) is 4.70. The Kier molecular flexibility index (Phi) is 4.31. The molecule has 0 amide bonds. The Morgan fingerprint density at radius 3 is 2.81 bits per heavy atom. The van der Waals surface area contributed by atoms with Gasteiger partial charge < -0.3 is 15.0 Å². The van der Waals surface area contributed by atoms with Crippen LogP contribution in [0, 0.1) is 0 Å². The van der Waals surface area contributed by atoms with Crippen LogP contribution in [0.1, 0.15) is 25.6 Å². The van der Waals surface area contributed by atoms with Crippen molar-refractivity contribution in [1.82, 2.24) is 10.1 Å². The first-order chi connectivity index (χ1) is 7.43. The highest BCUT2D eigenvalue weighted by Gasteiger charge is 2.21. The molecule has 0 aliphatic rings. The van der Waals surface area contributed by atoms with Crippen LogP contribution in [0.4, 0.5) is 0 Å². The van der Waals surface area contributed by atoms with Gasteiger partial charge in [0.05, 0.1) is 24.2 Å². The Morgan fingerprint density at radius 1 is 1.62 bits per heavy atom. The number of carbonyl (C=O) groups is 1. The summed E-state index contributed by atoms with van der Waals surface area (Å²) in [6.45, 7) is 3.59. The van der Waals surface area contributed by atoms with Crippen LogP contribution in [-0.2, 0) is 20.8 Å². The highest BCUT2D eigenvalue weighted by atomic mass is 32.2. The monoisotopic (exact) mass is 245 g/mol. The molecule has 0 saturated heterocycles. The van der Waals surface area contributed by atoms with E-state index in [9.17, 15) is 4.79 Å². The van der Waals surface area contributed by atoms with Crippen molar-refractivity contribution in [3.63, 3.8) is 0 Å². The summed E-state index contributed by atoms with van der Waals surface area (Å²) in [6.07, 6.45) is 0. The van der Waals surface area contributed by atoms with Gasteiger partial charge in [-0.2, -0.15) is 4.98 Å². The normalized spacial score (nSPS) is 11.5. The number of thioether (sulfide) groups is 1. The lowest BCUT2D eigenvalue weighted by molar-refractivity contribution is -0.137. The smallest absolute Gasteiger partial charge is 0.315 e. The Balaban J connectivity index is 2.44. The van der Waals surface area contributed by atoms with E-state index in [0.717, 1.165) is 0 Å². The molecule has 0 bridgehead atoms. The van der Waals surface area contributed by atoms with Gasteiger partial charge >= 0.3 is 5.97 Å². The molecule has 2 N–H and O–H groups in total. The minimum Gasteiger partial charge on any atom is -0.468 e. The summed E-state index contributed by atoms with van der Waals surface area (Å²) in [5.74, 6) is 1.38. The molecule has 1 aromatic rings. The number of ether oxygens (including phenoxy) is 1. The minimum atomic E-state index is -0.616. The molecular formula is C9H15N3O3S. The number of methoxy groups -OCH3 is 1. The first kappa shape index (κ1) is 13.0. The molecule has 0 aromatic carbocycles. The van der Waals surface area contributed by atoms with Gasteiger partial charge in [0, 0.05) is 0 Å². The maximum atomic E-state index is 10.8. The average Bonchev–Trinajstić information content (AvgIpc) is 2.65. The second-order valence-corrected chi connectivity index (χ2v) is 4.79. The standard InChI is InChI=1S/C9H15N3O3S/c1-9(2,10)8-11-6(15-12-8)4-16-5-7(13)14-3/h4-5,10H2,1-3H3. The van der Waals surface area contributed by atoms with Crippen molar-refractivity contribution in [1.29, 1.82) is 0 Å². The molecule has 0 fully saturated rings. The number of hydrogen-bond donors (Lipinski definition) is 1. The van der Waals surface area contributed by atoms with Gasteiger partial charge in [0.25, 0.3) is 0 Å². The van der Waals surface area contributed by atoms with Gasteiger partial charge in [-0.25, -0.2) is 0 Å². The van der Waals surface area contributed by atoms with Crippen molar-refractivity contribution < 1.29 is 14.1 Å². The van der Waals surface area contributed by atoms with Crippen LogP contribution in [-0.4, -0.2) is 29.0 Å². The molecule has 0 aliphatic heterocycles. The van der Waals surface area contributed by atoms with Crippen molar-refractivity contribution in [2.24, 2.45) is 5.73 Å². The number of nitrogens with zero attached hydrogens (tertiary/aromatic N) is 2. The Hall–Kier alpha value is -1.08. The predicted molar refractivity (Wildman–Crippen MR) is 59.7 cm³/mol. The lowest BCUT2D eigenvalue weighted by Crippen LogP contribution is -2.30. The van der Waals surface area contributed by atoms with E-state index in [1.165, 1.54) is 18.9 Å². The van der Waals surface area contributed by atoms with E-state index >= 15 is 0 Å². The van der Waals surface area contributed by atoms with Crippen molar-refractivity contribution >= 4 is 17.7 Å². The summed E-state index contributed by atoms with van der Waals surface area (Å²) in [5.41, 5.74) is 5.19. The van der Waals surface area contributed by atoms with Gasteiger partial charge in [0.1, 0.15) is 0 Å². The molecule has 0 spiro atoms. The van der Waals surface area contributed by atoms with Gasteiger partial charge in [-0.15, -0.1) is 11.8 Å². The summed E-state index contributed by atoms with van der Waals surface area (Å²) < 4.78 is 9.49. The van der Waals surface area contributed by atoms with Crippen molar-refractivity contribution in [3.05, 3.63) is 11.7 Å². The van der Waals surface area contributed by atoms with E-state index in [1.807, 2.05) is 0 Å². The fraction of sp³-hybridized carbons (Fsp3) is 0.667. The molecule has 0 radical (unpaired) electrons. The fourth-order valence-electron chi connectivity index (χ4n) is 0.856. The van der Waals surface area contributed by atoms with E-state index < -0.39 is 5.54 Å². The highest BCUT2D eigenvalue weighted by molar-refractivity contribution is 7.99. The van der Waals surface area contributed by atoms with Gasteiger partial charge in [0.15, 0.2) is 5.82 Å². The van der Waals surface area contributed by atoms with Crippen LogP contribution in [0.2, 0.25) is 0 Å². The molecule has 0 aliphatic carbocycles. The molecule has 90 valence electrons. The summed E-state index contributed by atoms with van der Waals surface area (Å²) >= 11 is 1.35. The first-order valence-corrected chi connectivity index (χ1v) is 5.85. The molecule has 1 heterocycles. The summed E-state index contributed by atoms with van der Waals surface area (Å²) in [4.78, 5) is 15.0. The van der Waals surface area contributed by atoms with Gasteiger partial charge in [-0.1, -0.05) is 5.16 Å². The van der Waals surface area contributed by atoms with Crippen LogP contribution in [0.15, 0.2) is 4.52 Å². The molecule has 0 unspecified atom stereocenters. The molecule has 16 heavy (non-hydrogen) atoms. The second kappa shape index (κ2) is 5.31. The second-order valence-electron chi connectivity index (χ2n) is 3.80.